The van der Waals surface area contributed by atoms with Crippen LogP contribution in [0.1, 0.15) is 46.0 Å². The number of hydrogen-bond donors (Lipinski definition) is 2. The second-order valence-electron chi connectivity index (χ2n) is 6.07. The average Bonchev–Trinajstić information content (AvgIpc) is 2.39. The van der Waals surface area contributed by atoms with E-state index in [1.165, 1.54) is 19.3 Å². The molecule has 0 radical (unpaired) electrons. The monoisotopic (exact) mass is 253 g/mol. The maximum Gasteiger partial charge on any atom is 0.237 e. The van der Waals surface area contributed by atoms with E-state index >= 15 is 0 Å². The number of rotatable bonds is 3. The lowest BCUT2D eigenvalue weighted by Crippen LogP contribution is -2.57. The minimum atomic E-state index is 0.00542. The molecule has 104 valence electrons. The van der Waals surface area contributed by atoms with Crippen LogP contribution < -0.4 is 10.6 Å². The molecule has 1 saturated heterocycles. The molecule has 1 saturated carbocycles. The first-order valence-corrected chi connectivity index (χ1v) is 7.38. The summed E-state index contributed by atoms with van der Waals surface area (Å²) in [5.41, 5.74) is 0.0393. The van der Waals surface area contributed by atoms with Crippen LogP contribution in [0.2, 0.25) is 0 Å². The van der Waals surface area contributed by atoms with Crippen LogP contribution in [0.25, 0.3) is 0 Å². The van der Waals surface area contributed by atoms with Crippen LogP contribution in [0.5, 0.6) is 0 Å². The molecule has 2 fully saturated rings. The smallest absolute Gasteiger partial charge is 0.237 e. The first kappa shape index (κ1) is 13.8. The van der Waals surface area contributed by atoms with Gasteiger partial charge in [0.15, 0.2) is 0 Å². The standard InChI is InChI=1S/C14H27N3O/c1-12(17-10-8-15-9-11-17)13(18)16-14(2)6-4-3-5-7-14/h12,15H,3-11H2,1-2H3,(H,16,18). The van der Waals surface area contributed by atoms with E-state index in [4.69, 9.17) is 0 Å². The number of nitrogens with one attached hydrogen (secondary N) is 2. The summed E-state index contributed by atoms with van der Waals surface area (Å²) in [6.45, 7) is 8.18. The molecule has 2 aliphatic rings. The number of carbonyl (C=O) groups excluding carboxylic acids is 1. The summed E-state index contributed by atoms with van der Waals surface area (Å²) in [5.74, 6) is 0.210. The predicted octanol–water partition coefficient (Wildman–Crippen LogP) is 1.12. The van der Waals surface area contributed by atoms with Crippen molar-refractivity contribution in [2.75, 3.05) is 26.2 Å². The summed E-state index contributed by atoms with van der Waals surface area (Å²) in [4.78, 5) is 14.6. The molecule has 1 aliphatic carbocycles. The normalized spacial score (nSPS) is 26.6. The van der Waals surface area contributed by atoms with Crippen molar-refractivity contribution in [2.45, 2.75) is 57.5 Å². The third kappa shape index (κ3) is 3.45. The average molecular weight is 253 g/mol. The van der Waals surface area contributed by atoms with Gasteiger partial charge in [-0.05, 0) is 26.7 Å². The number of piperazine rings is 1. The Morgan fingerprint density at radius 1 is 1.22 bits per heavy atom. The Kier molecular flexibility index (Phi) is 4.62. The van der Waals surface area contributed by atoms with E-state index in [9.17, 15) is 4.79 Å². The summed E-state index contributed by atoms with van der Waals surface area (Å²) < 4.78 is 0. The molecule has 1 atom stereocenters. The van der Waals surface area contributed by atoms with E-state index in [0.29, 0.717) is 0 Å². The van der Waals surface area contributed by atoms with Crippen LogP contribution in [-0.2, 0) is 4.79 Å². The predicted molar refractivity (Wildman–Crippen MR) is 73.5 cm³/mol. The summed E-state index contributed by atoms with van der Waals surface area (Å²) >= 11 is 0. The van der Waals surface area contributed by atoms with Crippen LogP contribution in [0.15, 0.2) is 0 Å². The minimum absolute atomic E-state index is 0.00542. The van der Waals surface area contributed by atoms with Gasteiger partial charge in [-0.3, -0.25) is 9.69 Å². The van der Waals surface area contributed by atoms with E-state index in [1.54, 1.807) is 0 Å². The van der Waals surface area contributed by atoms with Crippen molar-refractivity contribution in [1.29, 1.82) is 0 Å². The Bertz CT molecular complexity index is 281. The van der Waals surface area contributed by atoms with Crippen molar-refractivity contribution in [2.24, 2.45) is 0 Å². The third-order valence-corrected chi connectivity index (χ3v) is 4.46. The molecule has 0 spiro atoms. The molecule has 1 amide bonds. The van der Waals surface area contributed by atoms with Gasteiger partial charge in [-0.1, -0.05) is 19.3 Å². The summed E-state index contributed by atoms with van der Waals surface area (Å²) in [6.07, 6.45) is 6.08. The summed E-state index contributed by atoms with van der Waals surface area (Å²) in [5, 5.41) is 6.62. The minimum Gasteiger partial charge on any atom is -0.350 e. The highest BCUT2D eigenvalue weighted by Gasteiger charge is 2.31. The van der Waals surface area contributed by atoms with Crippen LogP contribution in [0, 0.1) is 0 Å². The van der Waals surface area contributed by atoms with Gasteiger partial charge in [0.05, 0.1) is 6.04 Å². The number of amides is 1. The fraction of sp³-hybridized carbons (Fsp3) is 0.929. The Labute approximate surface area is 110 Å². The van der Waals surface area contributed by atoms with E-state index < -0.39 is 0 Å². The zero-order valence-electron chi connectivity index (χ0n) is 11.8. The lowest BCUT2D eigenvalue weighted by molar-refractivity contribution is -0.128. The molecule has 1 aliphatic heterocycles. The second-order valence-corrected chi connectivity index (χ2v) is 6.07. The quantitative estimate of drug-likeness (QED) is 0.792. The lowest BCUT2D eigenvalue weighted by Gasteiger charge is -2.38. The zero-order valence-corrected chi connectivity index (χ0v) is 11.8. The second kappa shape index (κ2) is 6.02. The van der Waals surface area contributed by atoms with E-state index in [1.807, 2.05) is 6.92 Å². The van der Waals surface area contributed by atoms with Gasteiger partial charge in [0, 0.05) is 31.7 Å². The molecule has 0 aromatic heterocycles. The number of carbonyl (C=O) groups is 1. The fourth-order valence-corrected chi connectivity index (χ4v) is 3.09. The molecule has 1 unspecified atom stereocenters. The van der Waals surface area contributed by atoms with Crippen molar-refractivity contribution in [3.63, 3.8) is 0 Å². The van der Waals surface area contributed by atoms with Crippen LogP contribution in [0.4, 0.5) is 0 Å². The molecule has 2 rings (SSSR count). The van der Waals surface area contributed by atoms with Gasteiger partial charge in [-0.2, -0.15) is 0 Å². The molecule has 1 heterocycles. The van der Waals surface area contributed by atoms with Gasteiger partial charge in [-0.25, -0.2) is 0 Å². The molecule has 0 aromatic carbocycles. The fourth-order valence-electron chi connectivity index (χ4n) is 3.09. The topological polar surface area (TPSA) is 44.4 Å². The van der Waals surface area contributed by atoms with Crippen LogP contribution in [-0.4, -0.2) is 48.6 Å². The molecule has 18 heavy (non-hydrogen) atoms. The summed E-state index contributed by atoms with van der Waals surface area (Å²) in [7, 11) is 0. The third-order valence-electron chi connectivity index (χ3n) is 4.46. The SMILES string of the molecule is CC(C(=O)NC1(C)CCCCC1)N1CCNCC1. The van der Waals surface area contributed by atoms with Gasteiger partial charge in [0.2, 0.25) is 5.91 Å². The molecule has 0 bridgehead atoms. The van der Waals surface area contributed by atoms with Gasteiger partial charge in [-0.15, -0.1) is 0 Å². The Balaban J connectivity index is 1.85. The first-order valence-electron chi connectivity index (χ1n) is 7.38. The van der Waals surface area contributed by atoms with Crippen LogP contribution >= 0.6 is 0 Å². The Hall–Kier alpha value is -0.610. The molecule has 0 aromatic rings. The van der Waals surface area contributed by atoms with Crippen molar-refractivity contribution < 1.29 is 4.79 Å². The Morgan fingerprint density at radius 2 is 1.83 bits per heavy atom. The van der Waals surface area contributed by atoms with E-state index in [-0.39, 0.29) is 17.5 Å². The molecule has 4 nitrogen and oxygen atoms in total. The van der Waals surface area contributed by atoms with Crippen molar-refractivity contribution in [3.05, 3.63) is 0 Å². The highest BCUT2D eigenvalue weighted by molar-refractivity contribution is 5.82. The lowest BCUT2D eigenvalue weighted by atomic mass is 9.83. The molecule has 4 heteroatoms. The maximum atomic E-state index is 12.3. The van der Waals surface area contributed by atoms with Gasteiger partial charge >= 0.3 is 0 Å². The highest BCUT2D eigenvalue weighted by Crippen LogP contribution is 2.27. The Morgan fingerprint density at radius 3 is 2.44 bits per heavy atom. The number of hydrogen-bond acceptors (Lipinski definition) is 3. The number of nitrogens with zero attached hydrogens (tertiary/aromatic N) is 1. The van der Waals surface area contributed by atoms with Crippen molar-refractivity contribution in [3.8, 4) is 0 Å². The van der Waals surface area contributed by atoms with E-state index in [2.05, 4.69) is 22.5 Å². The van der Waals surface area contributed by atoms with Gasteiger partial charge in [0.1, 0.15) is 0 Å². The van der Waals surface area contributed by atoms with E-state index in [0.717, 1.165) is 39.0 Å². The van der Waals surface area contributed by atoms with Gasteiger partial charge < -0.3 is 10.6 Å². The molecule has 2 N–H and O–H groups in total. The summed E-state index contributed by atoms with van der Waals surface area (Å²) in [6, 6.07) is 0.00542. The van der Waals surface area contributed by atoms with Crippen molar-refractivity contribution in [1.82, 2.24) is 15.5 Å². The molecular formula is C14H27N3O. The molecular weight excluding hydrogens is 226 g/mol. The first-order chi connectivity index (χ1) is 8.61. The van der Waals surface area contributed by atoms with Crippen molar-refractivity contribution >= 4 is 5.91 Å². The van der Waals surface area contributed by atoms with Gasteiger partial charge in [0.25, 0.3) is 0 Å². The highest BCUT2D eigenvalue weighted by atomic mass is 16.2. The largest absolute Gasteiger partial charge is 0.350 e. The van der Waals surface area contributed by atoms with Crippen LogP contribution in [0.3, 0.4) is 0 Å². The zero-order chi connectivity index (χ0) is 13.0. The maximum absolute atomic E-state index is 12.3.